The third kappa shape index (κ3) is 3.06. The van der Waals surface area contributed by atoms with Crippen LogP contribution in [0.2, 0.25) is 0 Å². The van der Waals surface area contributed by atoms with Crippen LogP contribution in [0, 0.1) is 0 Å². The van der Waals surface area contributed by atoms with Crippen LogP contribution in [0.15, 0.2) is 28.7 Å². The van der Waals surface area contributed by atoms with Crippen LogP contribution < -0.4 is 5.48 Å². The lowest BCUT2D eigenvalue weighted by Crippen LogP contribution is -2.28. The standard InChI is InChI=1S/C12H14BrNO2/c13-10-7-5-9(6-8-10)12(15)14-16-11-3-1-2-4-11/h5-8,11H,1-4H2,(H,14,15). The van der Waals surface area contributed by atoms with Gasteiger partial charge in [-0.1, -0.05) is 28.8 Å². The van der Waals surface area contributed by atoms with Crippen molar-refractivity contribution in [2.45, 2.75) is 31.8 Å². The van der Waals surface area contributed by atoms with E-state index >= 15 is 0 Å². The molecule has 4 heteroatoms. The second-order valence-electron chi connectivity index (χ2n) is 3.96. The number of carbonyl (C=O) groups is 1. The molecule has 0 radical (unpaired) electrons. The highest BCUT2D eigenvalue weighted by molar-refractivity contribution is 9.10. The average Bonchev–Trinajstić information content (AvgIpc) is 2.80. The summed E-state index contributed by atoms with van der Waals surface area (Å²) in [5.41, 5.74) is 3.12. The highest BCUT2D eigenvalue weighted by atomic mass is 79.9. The molecule has 1 aliphatic rings. The third-order valence-corrected chi connectivity index (χ3v) is 3.26. The van der Waals surface area contributed by atoms with Crippen molar-refractivity contribution in [2.75, 3.05) is 0 Å². The summed E-state index contributed by atoms with van der Waals surface area (Å²) >= 11 is 3.32. The topological polar surface area (TPSA) is 38.3 Å². The Hall–Kier alpha value is -0.870. The van der Waals surface area contributed by atoms with Gasteiger partial charge < -0.3 is 0 Å². The van der Waals surface area contributed by atoms with E-state index in [4.69, 9.17) is 4.84 Å². The molecule has 1 fully saturated rings. The molecule has 1 aromatic carbocycles. The molecule has 1 aliphatic carbocycles. The van der Waals surface area contributed by atoms with Gasteiger partial charge in [0.15, 0.2) is 0 Å². The molecule has 0 saturated heterocycles. The van der Waals surface area contributed by atoms with Crippen molar-refractivity contribution in [3.05, 3.63) is 34.3 Å². The highest BCUT2D eigenvalue weighted by Gasteiger charge is 2.17. The van der Waals surface area contributed by atoms with Crippen molar-refractivity contribution < 1.29 is 9.63 Å². The zero-order chi connectivity index (χ0) is 11.4. The van der Waals surface area contributed by atoms with Crippen molar-refractivity contribution in [2.24, 2.45) is 0 Å². The van der Waals surface area contributed by atoms with Crippen molar-refractivity contribution in [3.63, 3.8) is 0 Å². The maximum Gasteiger partial charge on any atom is 0.274 e. The number of benzene rings is 1. The number of amides is 1. The van der Waals surface area contributed by atoms with Crippen molar-refractivity contribution >= 4 is 21.8 Å². The minimum atomic E-state index is -0.181. The molecular formula is C12H14BrNO2. The molecule has 2 rings (SSSR count). The van der Waals surface area contributed by atoms with Crippen LogP contribution in [0.4, 0.5) is 0 Å². The molecule has 1 aromatic rings. The van der Waals surface area contributed by atoms with Crippen molar-refractivity contribution in [3.8, 4) is 0 Å². The first kappa shape index (κ1) is 11.6. The van der Waals surface area contributed by atoms with Crippen LogP contribution >= 0.6 is 15.9 Å². The van der Waals surface area contributed by atoms with Crippen LogP contribution in [0.3, 0.4) is 0 Å². The summed E-state index contributed by atoms with van der Waals surface area (Å²) in [4.78, 5) is 17.0. The zero-order valence-corrected chi connectivity index (χ0v) is 10.5. The van der Waals surface area contributed by atoms with E-state index < -0.39 is 0 Å². The van der Waals surface area contributed by atoms with Gasteiger partial charge in [-0.2, -0.15) is 0 Å². The molecule has 0 unspecified atom stereocenters. The largest absolute Gasteiger partial charge is 0.274 e. The number of halogens is 1. The van der Waals surface area contributed by atoms with Crippen LogP contribution in [0.1, 0.15) is 36.0 Å². The van der Waals surface area contributed by atoms with E-state index in [0.29, 0.717) is 5.56 Å². The van der Waals surface area contributed by atoms with Crippen LogP contribution in [-0.2, 0) is 4.84 Å². The van der Waals surface area contributed by atoms with Gasteiger partial charge in [0.25, 0.3) is 5.91 Å². The summed E-state index contributed by atoms with van der Waals surface area (Å²) in [5.74, 6) is -0.181. The van der Waals surface area contributed by atoms with Gasteiger partial charge in [-0.3, -0.25) is 9.63 Å². The van der Waals surface area contributed by atoms with E-state index in [-0.39, 0.29) is 12.0 Å². The predicted molar refractivity (Wildman–Crippen MR) is 64.9 cm³/mol. The Bertz CT molecular complexity index is 358. The molecule has 0 aliphatic heterocycles. The molecule has 0 atom stereocenters. The Morgan fingerprint density at radius 3 is 2.50 bits per heavy atom. The molecule has 0 spiro atoms. The minimum Gasteiger partial charge on any atom is -0.270 e. The van der Waals surface area contributed by atoms with Crippen molar-refractivity contribution in [1.29, 1.82) is 0 Å². The zero-order valence-electron chi connectivity index (χ0n) is 8.91. The van der Waals surface area contributed by atoms with Gasteiger partial charge in [0.2, 0.25) is 0 Å². The first-order valence-corrected chi connectivity index (χ1v) is 6.26. The van der Waals surface area contributed by atoms with Crippen LogP contribution in [0.5, 0.6) is 0 Å². The summed E-state index contributed by atoms with van der Waals surface area (Å²) in [6.45, 7) is 0. The predicted octanol–water partition coefficient (Wildman–Crippen LogP) is 3.05. The second-order valence-corrected chi connectivity index (χ2v) is 4.88. The summed E-state index contributed by atoms with van der Waals surface area (Å²) in [6.07, 6.45) is 4.66. The van der Waals surface area contributed by atoms with E-state index in [0.717, 1.165) is 17.3 Å². The average molecular weight is 284 g/mol. The molecular weight excluding hydrogens is 270 g/mol. The fourth-order valence-electron chi connectivity index (χ4n) is 1.80. The number of hydroxylamine groups is 1. The Labute approximate surface area is 103 Å². The van der Waals surface area contributed by atoms with Gasteiger partial charge in [0, 0.05) is 10.0 Å². The van der Waals surface area contributed by atoms with Crippen LogP contribution in [0.25, 0.3) is 0 Å². The molecule has 86 valence electrons. The van der Waals surface area contributed by atoms with Gasteiger partial charge in [-0.05, 0) is 37.1 Å². The van der Waals surface area contributed by atoms with E-state index in [1.165, 1.54) is 12.8 Å². The minimum absolute atomic E-state index is 0.181. The fraction of sp³-hybridized carbons (Fsp3) is 0.417. The SMILES string of the molecule is O=C(NOC1CCCC1)c1ccc(Br)cc1. The number of hydrogen-bond donors (Lipinski definition) is 1. The molecule has 1 N–H and O–H groups in total. The lowest BCUT2D eigenvalue weighted by atomic mass is 10.2. The number of nitrogens with one attached hydrogen (secondary N) is 1. The maximum absolute atomic E-state index is 11.7. The lowest BCUT2D eigenvalue weighted by Gasteiger charge is -2.11. The van der Waals surface area contributed by atoms with E-state index in [1.54, 1.807) is 12.1 Å². The third-order valence-electron chi connectivity index (χ3n) is 2.73. The number of hydrogen-bond acceptors (Lipinski definition) is 2. The van der Waals surface area contributed by atoms with E-state index in [1.807, 2.05) is 12.1 Å². The Morgan fingerprint density at radius 2 is 1.88 bits per heavy atom. The van der Waals surface area contributed by atoms with E-state index in [2.05, 4.69) is 21.4 Å². The summed E-state index contributed by atoms with van der Waals surface area (Å²) < 4.78 is 0.959. The molecule has 16 heavy (non-hydrogen) atoms. The van der Waals surface area contributed by atoms with Gasteiger partial charge in [0.1, 0.15) is 0 Å². The van der Waals surface area contributed by atoms with Gasteiger partial charge in [0.05, 0.1) is 6.10 Å². The lowest BCUT2D eigenvalue weighted by molar-refractivity contribution is -0.0124. The maximum atomic E-state index is 11.7. The smallest absolute Gasteiger partial charge is 0.270 e. The van der Waals surface area contributed by atoms with Crippen molar-refractivity contribution in [1.82, 2.24) is 5.48 Å². The molecule has 0 aromatic heterocycles. The monoisotopic (exact) mass is 283 g/mol. The van der Waals surface area contributed by atoms with Gasteiger partial charge in [-0.25, -0.2) is 5.48 Å². The number of rotatable bonds is 3. The fourth-order valence-corrected chi connectivity index (χ4v) is 2.07. The number of carbonyl (C=O) groups excluding carboxylic acids is 1. The highest BCUT2D eigenvalue weighted by Crippen LogP contribution is 2.20. The quantitative estimate of drug-likeness (QED) is 0.866. The Balaban J connectivity index is 1.85. The molecule has 0 heterocycles. The Morgan fingerprint density at radius 1 is 1.25 bits per heavy atom. The second kappa shape index (κ2) is 5.46. The molecule has 0 bridgehead atoms. The normalized spacial score (nSPS) is 16.3. The summed E-state index contributed by atoms with van der Waals surface area (Å²) in [5, 5.41) is 0. The molecule has 1 saturated carbocycles. The summed E-state index contributed by atoms with van der Waals surface area (Å²) in [7, 11) is 0. The molecule has 3 nitrogen and oxygen atoms in total. The van der Waals surface area contributed by atoms with Crippen LogP contribution in [-0.4, -0.2) is 12.0 Å². The van der Waals surface area contributed by atoms with Gasteiger partial charge >= 0.3 is 0 Å². The van der Waals surface area contributed by atoms with Gasteiger partial charge in [-0.15, -0.1) is 0 Å². The Kier molecular flexibility index (Phi) is 3.96. The molecule has 1 amide bonds. The first-order valence-electron chi connectivity index (χ1n) is 5.47. The van der Waals surface area contributed by atoms with E-state index in [9.17, 15) is 4.79 Å². The first-order chi connectivity index (χ1) is 7.75. The summed E-state index contributed by atoms with van der Waals surface area (Å²) in [6, 6.07) is 7.20.